The third kappa shape index (κ3) is 4.51. The molecule has 1 N–H and O–H groups in total. The van der Waals surface area contributed by atoms with Crippen LogP contribution in [0, 0.1) is 5.92 Å². The molecule has 2 heterocycles. The second-order valence-corrected chi connectivity index (χ2v) is 6.88. The second-order valence-electron chi connectivity index (χ2n) is 6.88. The van der Waals surface area contributed by atoms with Gasteiger partial charge in [-0.15, -0.1) is 0 Å². The molecule has 1 aromatic rings. The van der Waals surface area contributed by atoms with Gasteiger partial charge in [-0.2, -0.15) is 0 Å². The number of nitrogens with zero attached hydrogens (tertiary/aromatic N) is 2. The van der Waals surface area contributed by atoms with Crippen molar-refractivity contribution in [2.75, 3.05) is 38.6 Å². The molecular weight excluding hydrogens is 318 g/mol. The molecule has 2 fully saturated rings. The van der Waals surface area contributed by atoms with E-state index in [9.17, 15) is 9.59 Å². The SMILES string of the molecule is COC(=O)N1CCC[C@@H](C(=O)Nc2ccccc2CN2CCCC2)C1. The summed E-state index contributed by atoms with van der Waals surface area (Å²) in [6.07, 6.45) is 3.77. The van der Waals surface area contributed by atoms with Gasteiger partial charge < -0.3 is 15.0 Å². The van der Waals surface area contributed by atoms with Gasteiger partial charge in [-0.3, -0.25) is 9.69 Å². The van der Waals surface area contributed by atoms with Crippen LogP contribution in [0.3, 0.4) is 0 Å². The molecule has 3 rings (SSSR count). The normalized spacial score (nSPS) is 21.2. The van der Waals surface area contributed by atoms with Gasteiger partial charge in [0.05, 0.1) is 13.0 Å². The maximum Gasteiger partial charge on any atom is 0.409 e. The van der Waals surface area contributed by atoms with Crippen LogP contribution < -0.4 is 5.32 Å². The lowest BCUT2D eigenvalue weighted by Gasteiger charge is -2.31. The van der Waals surface area contributed by atoms with Gasteiger partial charge in [-0.25, -0.2) is 4.79 Å². The number of hydrogen-bond acceptors (Lipinski definition) is 4. The Labute approximate surface area is 149 Å². The molecular formula is C19H27N3O3. The molecule has 0 aromatic heterocycles. The third-order valence-corrected chi connectivity index (χ3v) is 5.09. The summed E-state index contributed by atoms with van der Waals surface area (Å²) in [7, 11) is 1.38. The van der Waals surface area contributed by atoms with Gasteiger partial charge in [0.1, 0.15) is 0 Å². The van der Waals surface area contributed by atoms with Crippen LogP contribution in [0.5, 0.6) is 0 Å². The largest absolute Gasteiger partial charge is 0.453 e. The van der Waals surface area contributed by atoms with E-state index in [0.717, 1.165) is 43.7 Å². The lowest BCUT2D eigenvalue weighted by molar-refractivity contribution is -0.121. The van der Waals surface area contributed by atoms with E-state index in [1.165, 1.54) is 20.0 Å². The van der Waals surface area contributed by atoms with E-state index in [4.69, 9.17) is 4.74 Å². The molecule has 25 heavy (non-hydrogen) atoms. The van der Waals surface area contributed by atoms with Crippen molar-refractivity contribution in [1.82, 2.24) is 9.80 Å². The summed E-state index contributed by atoms with van der Waals surface area (Å²) in [5, 5.41) is 3.09. The van der Waals surface area contributed by atoms with Gasteiger partial charge in [0.25, 0.3) is 0 Å². The smallest absolute Gasteiger partial charge is 0.409 e. The molecule has 6 nitrogen and oxygen atoms in total. The Balaban J connectivity index is 1.63. The number of amides is 2. The van der Waals surface area contributed by atoms with Gasteiger partial charge in [0.2, 0.25) is 5.91 Å². The van der Waals surface area contributed by atoms with E-state index in [1.807, 2.05) is 18.2 Å². The molecule has 2 amide bonds. The summed E-state index contributed by atoms with van der Waals surface area (Å²) < 4.78 is 4.78. The Hall–Kier alpha value is -2.08. The highest BCUT2D eigenvalue weighted by Gasteiger charge is 2.29. The maximum absolute atomic E-state index is 12.7. The van der Waals surface area contributed by atoms with Crippen LogP contribution in [0.25, 0.3) is 0 Å². The lowest BCUT2D eigenvalue weighted by atomic mass is 9.97. The Morgan fingerprint density at radius 1 is 1.16 bits per heavy atom. The van der Waals surface area contributed by atoms with Crippen LogP contribution in [0.1, 0.15) is 31.2 Å². The van der Waals surface area contributed by atoms with Crippen molar-refractivity contribution in [2.24, 2.45) is 5.92 Å². The van der Waals surface area contributed by atoms with Gasteiger partial charge in [0, 0.05) is 25.3 Å². The van der Waals surface area contributed by atoms with Crippen molar-refractivity contribution in [2.45, 2.75) is 32.2 Å². The van der Waals surface area contributed by atoms with Crippen molar-refractivity contribution >= 4 is 17.7 Å². The Kier molecular flexibility index (Phi) is 5.91. The topological polar surface area (TPSA) is 61.9 Å². The fourth-order valence-corrected chi connectivity index (χ4v) is 3.68. The van der Waals surface area contributed by atoms with E-state index in [0.29, 0.717) is 13.1 Å². The average molecular weight is 345 g/mol. The van der Waals surface area contributed by atoms with E-state index >= 15 is 0 Å². The highest BCUT2D eigenvalue weighted by Crippen LogP contribution is 2.23. The minimum Gasteiger partial charge on any atom is -0.453 e. The number of nitrogens with one attached hydrogen (secondary N) is 1. The van der Waals surface area contributed by atoms with Crippen molar-refractivity contribution < 1.29 is 14.3 Å². The molecule has 0 saturated carbocycles. The zero-order valence-corrected chi connectivity index (χ0v) is 14.9. The predicted molar refractivity (Wildman–Crippen MR) is 96.3 cm³/mol. The number of para-hydroxylation sites is 1. The van der Waals surface area contributed by atoms with Gasteiger partial charge in [0.15, 0.2) is 0 Å². The van der Waals surface area contributed by atoms with Crippen LogP contribution in [-0.4, -0.2) is 55.1 Å². The zero-order valence-electron chi connectivity index (χ0n) is 14.9. The Morgan fingerprint density at radius 2 is 1.92 bits per heavy atom. The van der Waals surface area contributed by atoms with Gasteiger partial charge in [-0.1, -0.05) is 18.2 Å². The second kappa shape index (κ2) is 8.34. The molecule has 0 spiro atoms. The van der Waals surface area contributed by atoms with Crippen LogP contribution in [-0.2, 0) is 16.1 Å². The van der Waals surface area contributed by atoms with E-state index in [-0.39, 0.29) is 17.9 Å². The number of piperidine rings is 1. The van der Waals surface area contributed by atoms with Crippen LogP contribution in [0.4, 0.5) is 10.5 Å². The molecule has 0 radical (unpaired) electrons. The molecule has 1 atom stereocenters. The first kappa shape index (κ1) is 17.7. The minimum atomic E-state index is -0.355. The molecule has 2 aliphatic rings. The number of hydrogen-bond donors (Lipinski definition) is 1. The van der Waals surface area contributed by atoms with Crippen molar-refractivity contribution in [3.63, 3.8) is 0 Å². The maximum atomic E-state index is 12.7. The number of carbonyl (C=O) groups excluding carboxylic acids is 2. The monoisotopic (exact) mass is 345 g/mol. The Bertz CT molecular complexity index is 614. The predicted octanol–water partition coefficient (Wildman–Crippen LogP) is 2.70. The number of ether oxygens (including phenoxy) is 1. The minimum absolute atomic E-state index is 0.0116. The molecule has 1 aromatic carbocycles. The van der Waals surface area contributed by atoms with Crippen molar-refractivity contribution in [3.05, 3.63) is 29.8 Å². The Morgan fingerprint density at radius 3 is 2.68 bits per heavy atom. The lowest BCUT2D eigenvalue weighted by Crippen LogP contribution is -2.43. The number of carbonyl (C=O) groups is 2. The summed E-state index contributed by atoms with van der Waals surface area (Å²) in [4.78, 5) is 28.5. The first-order valence-electron chi connectivity index (χ1n) is 9.11. The number of benzene rings is 1. The zero-order chi connectivity index (χ0) is 17.6. The van der Waals surface area contributed by atoms with E-state index < -0.39 is 0 Å². The molecule has 136 valence electrons. The number of methoxy groups -OCH3 is 1. The summed E-state index contributed by atoms with van der Waals surface area (Å²) in [5.41, 5.74) is 2.04. The summed E-state index contributed by atoms with van der Waals surface area (Å²) in [5.74, 6) is -0.199. The molecule has 0 aliphatic carbocycles. The molecule has 2 aliphatic heterocycles. The van der Waals surface area contributed by atoms with Gasteiger partial charge >= 0.3 is 6.09 Å². The fraction of sp³-hybridized carbons (Fsp3) is 0.579. The molecule has 0 bridgehead atoms. The first-order chi connectivity index (χ1) is 12.2. The highest BCUT2D eigenvalue weighted by molar-refractivity contribution is 5.93. The van der Waals surface area contributed by atoms with Crippen LogP contribution >= 0.6 is 0 Å². The number of anilines is 1. The molecule has 2 saturated heterocycles. The standard InChI is InChI=1S/C19H27N3O3/c1-25-19(24)22-12-6-8-16(14-22)18(23)20-17-9-3-2-7-15(17)13-21-10-4-5-11-21/h2-3,7,9,16H,4-6,8,10-14H2,1H3,(H,20,23)/t16-/m1/s1. The fourth-order valence-electron chi connectivity index (χ4n) is 3.68. The number of rotatable bonds is 4. The van der Waals surface area contributed by atoms with E-state index in [1.54, 1.807) is 4.90 Å². The molecule has 6 heteroatoms. The summed E-state index contributed by atoms with van der Waals surface area (Å²) in [6, 6.07) is 8.01. The first-order valence-corrected chi connectivity index (χ1v) is 9.11. The number of likely N-dealkylation sites (tertiary alicyclic amines) is 2. The van der Waals surface area contributed by atoms with Crippen LogP contribution in [0.2, 0.25) is 0 Å². The highest BCUT2D eigenvalue weighted by atomic mass is 16.5. The quantitative estimate of drug-likeness (QED) is 0.911. The third-order valence-electron chi connectivity index (χ3n) is 5.09. The van der Waals surface area contributed by atoms with Gasteiger partial charge in [-0.05, 0) is 50.4 Å². The summed E-state index contributed by atoms with van der Waals surface area (Å²) in [6.45, 7) is 4.20. The molecule has 0 unspecified atom stereocenters. The van der Waals surface area contributed by atoms with Crippen LogP contribution in [0.15, 0.2) is 24.3 Å². The summed E-state index contributed by atoms with van der Waals surface area (Å²) >= 11 is 0. The average Bonchev–Trinajstić information content (AvgIpc) is 3.16. The van der Waals surface area contributed by atoms with Crippen molar-refractivity contribution in [1.29, 1.82) is 0 Å². The van der Waals surface area contributed by atoms with Crippen molar-refractivity contribution in [3.8, 4) is 0 Å². The van der Waals surface area contributed by atoms with E-state index in [2.05, 4.69) is 16.3 Å².